The molecule has 1 heterocycles. The first-order valence-electron chi connectivity index (χ1n) is 7.01. The fourth-order valence-corrected chi connectivity index (χ4v) is 3.14. The number of Topliss-reactive ketones (excluding diaryl/α,β-unsaturated/α-hetero) is 1. The molecule has 0 aliphatic carbocycles. The quantitative estimate of drug-likeness (QED) is 0.709. The third kappa shape index (κ3) is 3.12. The molecule has 0 saturated heterocycles. The predicted octanol–water partition coefficient (Wildman–Crippen LogP) is 4.26. The summed E-state index contributed by atoms with van der Waals surface area (Å²) in [7, 11) is 3.21. The first kappa shape index (κ1) is 15.3. The van der Waals surface area contributed by atoms with Gasteiger partial charge in [-0.2, -0.15) is 0 Å². The molecule has 0 saturated carbocycles. The van der Waals surface area contributed by atoms with Crippen LogP contribution in [0.1, 0.15) is 17.3 Å². The average molecular weight is 328 g/mol. The normalized spacial score (nSPS) is 10.6. The monoisotopic (exact) mass is 328 g/mol. The standard InChI is InChI=1S/C17H16N2O3S/c1-10(20)11-5-4-6-12(7-11)18-17-19-13-8-14(21-2)15(22-3)9-16(13)23-17/h4-9H,1-3H3,(H,18,19). The van der Waals surface area contributed by atoms with Crippen molar-refractivity contribution in [3.8, 4) is 11.5 Å². The average Bonchev–Trinajstić information content (AvgIpc) is 2.94. The molecule has 0 aliphatic heterocycles. The number of thiazole rings is 1. The molecular weight excluding hydrogens is 312 g/mol. The third-order valence-corrected chi connectivity index (χ3v) is 4.35. The van der Waals surface area contributed by atoms with E-state index in [0.29, 0.717) is 17.1 Å². The van der Waals surface area contributed by atoms with Crippen LogP contribution in [-0.4, -0.2) is 25.0 Å². The van der Waals surface area contributed by atoms with Crippen LogP contribution in [-0.2, 0) is 0 Å². The Hall–Kier alpha value is -2.60. The van der Waals surface area contributed by atoms with Crippen molar-refractivity contribution in [1.29, 1.82) is 0 Å². The zero-order valence-electron chi connectivity index (χ0n) is 13.0. The molecule has 0 radical (unpaired) electrons. The zero-order valence-corrected chi connectivity index (χ0v) is 13.9. The highest BCUT2D eigenvalue weighted by Gasteiger charge is 2.11. The van der Waals surface area contributed by atoms with Crippen LogP contribution in [0.3, 0.4) is 0 Å². The first-order valence-corrected chi connectivity index (χ1v) is 7.83. The number of ketones is 1. The van der Waals surface area contributed by atoms with Gasteiger partial charge in [0.1, 0.15) is 0 Å². The van der Waals surface area contributed by atoms with Crippen molar-refractivity contribution in [1.82, 2.24) is 4.98 Å². The molecular formula is C17H16N2O3S. The van der Waals surface area contributed by atoms with Gasteiger partial charge >= 0.3 is 0 Å². The van der Waals surface area contributed by atoms with Gasteiger partial charge in [-0.15, -0.1) is 0 Å². The molecule has 0 unspecified atom stereocenters. The maximum atomic E-state index is 11.5. The summed E-state index contributed by atoms with van der Waals surface area (Å²) in [5, 5.41) is 3.98. The molecule has 1 aromatic heterocycles. The Labute approximate surface area is 137 Å². The number of anilines is 2. The minimum absolute atomic E-state index is 0.0347. The Bertz CT molecular complexity index is 832. The molecule has 0 spiro atoms. The summed E-state index contributed by atoms with van der Waals surface area (Å²) in [4.78, 5) is 16.0. The van der Waals surface area contributed by atoms with Gasteiger partial charge in [-0.1, -0.05) is 23.5 Å². The van der Waals surface area contributed by atoms with E-state index >= 15 is 0 Å². The summed E-state index contributed by atoms with van der Waals surface area (Å²) >= 11 is 1.51. The van der Waals surface area contributed by atoms with E-state index in [1.54, 1.807) is 27.2 Å². The fraction of sp³-hybridized carbons (Fsp3) is 0.176. The van der Waals surface area contributed by atoms with Crippen LogP contribution in [0, 0.1) is 0 Å². The van der Waals surface area contributed by atoms with Crippen molar-refractivity contribution in [2.75, 3.05) is 19.5 Å². The first-order chi connectivity index (χ1) is 11.1. The summed E-state index contributed by atoms with van der Waals surface area (Å²) in [6, 6.07) is 11.1. The van der Waals surface area contributed by atoms with E-state index < -0.39 is 0 Å². The van der Waals surface area contributed by atoms with E-state index in [-0.39, 0.29) is 5.78 Å². The van der Waals surface area contributed by atoms with Gasteiger partial charge in [0, 0.05) is 23.4 Å². The second-order valence-electron chi connectivity index (χ2n) is 4.96. The lowest BCUT2D eigenvalue weighted by Crippen LogP contribution is -1.94. The van der Waals surface area contributed by atoms with Gasteiger partial charge in [0.15, 0.2) is 22.4 Å². The lowest BCUT2D eigenvalue weighted by molar-refractivity contribution is 0.101. The molecule has 2 aromatic carbocycles. The van der Waals surface area contributed by atoms with Crippen LogP contribution in [0.25, 0.3) is 10.2 Å². The molecule has 23 heavy (non-hydrogen) atoms. The van der Waals surface area contributed by atoms with E-state index in [0.717, 1.165) is 21.0 Å². The Morgan fingerprint density at radius 3 is 2.57 bits per heavy atom. The van der Waals surface area contributed by atoms with Crippen molar-refractivity contribution in [2.24, 2.45) is 0 Å². The largest absolute Gasteiger partial charge is 0.493 e. The highest BCUT2D eigenvalue weighted by Crippen LogP contribution is 2.36. The Morgan fingerprint density at radius 2 is 1.87 bits per heavy atom. The summed E-state index contributed by atoms with van der Waals surface area (Å²) in [6.45, 7) is 1.55. The number of carbonyl (C=O) groups excluding carboxylic acids is 1. The van der Waals surface area contributed by atoms with Crippen LogP contribution in [0.5, 0.6) is 11.5 Å². The molecule has 0 fully saturated rings. The second-order valence-corrected chi connectivity index (χ2v) is 5.99. The van der Waals surface area contributed by atoms with Crippen molar-refractivity contribution < 1.29 is 14.3 Å². The number of ether oxygens (including phenoxy) is 2. The Balaban J connectivity index is 1.94. The number of carbonyl (C=O) groups is 1. The molecule has 0 amide bonds. The number of aromatic nitrogens is 1. The maximum absolute atomic E-state index is 11.5. The van der Waals surface area contributed by atoms with Crippen LogP contribution < -0.4 is 14.8 Å². The molecule has 3 aromatic rings. The number of nitrogens with zero attached hydrogens (tertiary/aromatic N) is 1. The van der Waals surface area contributed by atoms with Gasteiger partial charge in [-0.05, 0) is 19.1 Å². The number of benzene rings is 2. The van der Waals surface area contributed by atoms with Gasteiger partial charge in [-0.25, -0.2) is 4.98 Å². The van der Waals surface area contributed by atoms with Crippen LogP contribution in [0.2, 0.25) is 0 Å². The molecule has 1 N–H and O–H groups in total. The van der Waals surface area contributed by atoms with Gasteiger partial charge in [0.05, 0.1) is 24.4 Å². The van der Waals surface area contributed by atoms with E-state index in [1.165, 1.54) is 11.3 Å². The van der Waals surface area contributed by atoms with Gasteiger partial charge in [0.2, 0.25) is 0 Å². The van der Waals surface area contributed by atoms with Crippen molar-refractivity contribution in [3.05, 3.63) is 42.0 Å². The fourth-order valence-electron chi connectivity index (χ4n) is 2.25. The summed E-state index contributed by atoms with van der Waals surface area (Å²) in [5.41, 5.74) is 2.33. The number of rotatable bonds is 5. The SMILES string of the molecule is COc1cc2nc(Nc3cccc(C(C)=O)c3)sc2cc1OC. The van der Waals surface area contributed by atoms with E-state index in [4.69, 9.17) is 9.47 Å². The van der Waals surface area contributed by atoms with E-state index in [2.05, 4.69) is 10.3 Å². The lowest BCUT2D eigenvalue weighted by Gasteiger charge is -2.05. The molecule has 6 heteroatoms. The maximum Gasteiger partial charge on any atom is 0.188 e. The minimum Gasteiger partial charge on any atom is -0.493 e. The number of hydrogen-bond donors (Lipinski definition) is 1. The van der Waals surface area contributed by atoms with Gasteiger partial charge < -0.3 is 14.8 Å². The highest BCUT2D eigenvalue weighted by atomic mass is 32.1. The van der Waals surface area contributed by atoms with Gasteiger partial charge in [0.25, 0.3) is 0 Å². The molecule has 0 bridgehead atoms. The lowest BCUT2D eigenvalue weighted by atomic mass is 10.1. The Kier molecular flexibility index (Phi) is 4.16. The summed E-state index contributed by atoms with van der Waals surface area (Å²) in [6.07, 6.45) is 0. The van der Waals surface area contributed by atoms with Crippen molar-refractivity contribution in [2.45, 2.75) is 6.92 Å². The molecule has 5 nitrogen and oxygen atoms in total. The highest BCUT2D eigenvalue weighted by molar-refractivity contribution is 7.22. The number of methoxy groups -OCH3 is 2. The number of fused-ring (bicyclic) bond motifs is 1. The predicted molar refractivity (Wildman–Crippen MR) is 92.5 cm³/mol. The molecule has 3 rings (SSSR count). The molecule has 118 valence electrons. The molecule has 0 atom stereocenters. The minimum atomic E-state index is 0.0347. The summed E-state index contributed by atoms with van der Waals surface area (Å²) in [5.74, 6) is 1.36. The topological polar surface area (TPSA) is 60.5 Å². The van der Waals surface area contributed by atoms with E-state index in [1.807, 2.05) is 30.3 Å². The second kappa shape index (κ2) is 6.26. The zero-order chi connectivity index (χ0) is 16.4. The van der Waals surface area contributed by atoms with Crippen LogP contribution >= 0.6 is 11.3 Å². The smallest absolute Gasteiger partial charge is 0.188 e. The van der Waals surface area contributed by atoms with Crippen molar-refractivity contribution in [3.63, 3.8) is 0 Å². The third-order valence-electron chi connectivity index (χ3n) is 3.41. The number of nitrogens with one attached hydrogen (secondary N) is 1. The molecule has 0 aliphatic rings. The van der Waals surface area contributed by atoms with E-state index in [9.17, 15) is 4.79 Å². The Morgan fingerprint density at radius 1 is 1.13 bits per heavy atom. The van der Waals surface area contributed by atoms with Gasteiger partial charge in [-0.3, -0.25) is 4.79 Å². The van der Waals surface area contributed by atoms with Crippen LogP contribution in [0.4, 0.5) is 10.8 Å². The van der Waals surface area contributed by atoms with Crippen molar-refractivity contribution >= 4 is 38.2 Å². The van der Waals surface area contributed by atoms with Crippen LogP contribution in [0.15, 0.2) is 36.4 Å². The number of hydrogen-bond acceptors (Lipinski definition) is 6. The summed E-state index contributed by atoms with van der Waals surface area (Å²) < 4.78 is 11.6.